The lowest BCUT2D eigenvalue weighted by Gasteiger charge is -2.50. The summed E-state index contributed by atoms with van der Waals surface area (Å²) in [6.07, 6.45) is 3.33. The number of halogens is 3. The first kappa shape index (κ1) is 27.9. The van der Waals surface area contributed by atoms with E-state index in [1.165, 1.54) is 30.1 Å². The summed E-state index contributed by atoms with van der Waals surface area (Å²) in [4.78, 5) is 62.9. The van der Waals surface area contributed by atoms with Crippen molar-refractivity contribution in [2.45, 2.75) is 54.2 Å². The second kappa shape index (κ2) is 9.78. The normalized spacial score (nSPS) is 33.7. The van der Waals surface area contributed by atoms with Crippen LogP contribution in [0.2, 0.25) is 5.02 Å². The molecule has 5 rings (SSSR count). The van der Waals surface area contributed by atoms with Gasteiger partial charge in [-0.3, -0.25) is 33.8 Å². The number of unbranched alkanes of at least 4 members (excludes halogenated alkanes) is 2. The minimum atomic E-state index is -1.99. The Balaban J connectivity index is 1.54. The number of imide groups is 2. The van der Waals surface area contributed by atoms with E-state index >= 15 is 0 Å². The number of fused-ring (bicyclic) bond motifs is 4. The number of nitrogens with zero attached hydrogens (tertiary/aromatic N) is 2. The van der Waals surface area contributed by atoms with Gasteiger partial charge in [-0.2, -0.15) is 0 Å². The predicted octanol–water partition coefficient (Wildman–Crippen LogP) is 3.68. The molecule has 1 aromatic rings. The number of carbonyl (C=O) groups excluding carboxylic acids is 4. The Morgan fingerprint density at radius 2 is 1.77 bits per heavy atom. The van der Waals surface area contributed by atoms with Gasteiger partial charge in [0.25, 0.3) is 11.8 Å². The van der Waals surface area contributed by atoms with Gasteiger partial charge in [0.1, 0.15) is 5.75 Å². The van der Waals surface area contributed by atoms with Gasteiger partial charge in [0, 0.05) is 36.5 Å². The van der Waals surface area contributed by atoms with Crippen LogP contribution in [0.3, 0.4) is 0 Å². The predicted molar refractivity (Wildman–Crippen MR) is 141 cm³/mol. The summed E-state index contributed by atoms with van der Waals surface area (Å²) in [6.45, 7) is 0.163. The van der Waals surface area contributed by atoms with Crippen LogP contribution < -0.4 is 0 Å². The SMILES string of the molecule is CN1C(=O)C2(Cl)CC3C(=CCC4C(=O)N(CCCCCC(=O)O)C(=O)C43)C(c3cc(Cl)ccc3O)C2(Cl)C1=O. The maximum atomic E-state index is 13.7. The van der Waals surface area contributed by atoms with Crippen molar-refractivity contribution in [3.63, 3.8) is 0 Å². The molecule has 1 saturated carbocycles. The fourth-order valence-electron chi connectivity index (χ4n) is 6.85. The summed E-state index contributed by atoms with van der Waals surface area (Å²) in [5.74, 6) is -6.47. The third-order valence-corrected chi connectivity index (χ3v) is 10.3. The van der Waals surface area contributed by atoms with Crippen molar-refractivity contribution in [1.29, 1.82) is 0 Å². The number of rotatable bonds is 7. The van der Waals surface area contributed by atoms with Gasteiger partial charge in [-0.05, 0) is 49.8 Å². The van der Waals surface area contributed by atoms with Crippen LogP contribution in [0, 0.1) is 17.8 Å². The lowest BCUT2D eigenvalue weighted by Crippen LogP contribution is -2.60. The Morgan fingerprint density at radius 1 is 1.05 bits per heavy atom. The number of carboxylic acid groups (broad SMARTS) is 1. The van der Waals surface area contributed by atoms with Crippen LogP contribution in [0.5, 0.6) is 5.75 Å². The van der Waals surface area contributed by atoms with E-state index < -0.39 is 51.2 Å². The number of benzene rings is 1. The van der Waals surface area contributed by atoms with Crippen molar-refractivity contribution in [1.82, 2.24) is 9.80 Å². The van der Waals surface area contributed by atoms with Gasteiger partial charge in [0.15, 0.2) is 9.75 Å². The monoisotopic (exact) mass is 596 g/mol. The Bertz CT molecular complexity index is 1330. The smallest absolute Gasteiger partial charge is 0.303 e. The highest BCUT2D eigenvalue weighted by atomic mass is 35.5. The van der Waals surface area contributed by atoms with Crippen LogP contribution >= 0.6 is 34.8 Å². The number of carbonyl (C=O) groups is 5. The lowest BCUT2D eigenvalue weighted by atomic mass is 9.56. The van der Waals surface area contributed by atoms with Crippen molar-refractivity contribution in [2.75, 3.05) is 13.6 Å². The molecule has 2 heterocycles. The molecule has 0 radical (unpaired) electrons. The van der Waals surface area contributed by atoms with Crippen LogP contribution in [0.1, 0.15) is 50.0 Å². The first-order chi connectivity index (χ1) is 18.3. The second-order valence-electron chi connectivity index (χ2n) is 10.7. The average Bonchev–Trinajstić information content (AvgIpc) is 3.20. The summed E-state index contributed by atoms with van der Waals surface area (Å²) in [6, 6.07) is 4.31. The number of carboxylic acids is 1. The van der Waals surface area contributed by atoms with E-state index in [1.54, 1.807) is 6.08 Å². The molecular weight excluding hydrogens is 571 g/mol. The highest BCUT2D eigenvalue weighted by Gasteiger charge is 2.76. The topological polar surface area (TPSA) is 132 Å². The lowest BCUT2D eigenvalue weighted by molar-refractivity contribution is -0.141. The zero-order valence-corrected chi connectivity index (χ0v) is 23.3. The number of hydrogen-bond acceptors (Lipinski definition) is 6. The summed E-state index contributed by atoms with van der Waals surface area (Å²) < 4.78 is 0. The minimum absolute atomic E-state index is 0.0133. The number of hydrogen-bond donors (Lipinski definition) is 2. The Kier molecular flexibility index (Phi) is 7.01. The van der Waals surface area contributed by atoms with Crippen LogP contribution in [-0.4, -0.2) is 73.0 Å². The van der Waals surface area contributed by atoms with E-state index in [1.807, 2.05) is 0 Å². The molecule has 4 aliphatic rings. The molecule has 1 aromatic carbocycles. The van der Waals surface area contributed by atoms with Gasteiger partial charge in [-0.15, -0.1) is 23.2 Å². The molecule has 2 aliphatic carbocycles. The number of aliphatic carboxylic acids is 1. The van der Waals surface area contributed by atoms with Crippen LogP contribution in [-0.2, 0) is 24.0 Å². The van der Waals surface area contributed by atoms with Crippen molar-refractivity contribution >= 4 is 64.4 Å². The number of allylic oxidation sites excluding steroid dienone is 2. The van der Waals surface area contributed by atoms with Gasteiger partial charge < -0.3 is 10.2 Å². The van der Waals surface area contributed by atoms with E-state index in [2.05, 4.69) is 0 Å². The Labute approximate surface area is 239 Å². The zero-order chi connectivity index (χ0) is 28.4. The molecule has 2 N–H and O–H groups in total. The van der Waals surface area contributed by atoms with E-state index in [4.69, 9.17) is 39.9 Å². The zero-order valence-electron chi connectivity index (χ0n) is 21.0. The Morgan fingerprint density at radius 3 is 2.46 bits per heavy atom. The number of aromatic hydroxyl groups is 1. The van der Waals surface area contributed by atoms with Crippen LogP contribution in [0.25, 0.3) is 0 Å². The third-order valence-electron chi connectivity index (χ3n) is 8.68. The summed E-state index contributed by atoms with van der Waals surface area (Å²) in [7, 11) is 1.29. The van der Waals surface area contributed by atoms with E-state index in [0.717, 1.165) is 4.90 Å². The fraction of sp³-hybridized carbons (Fsp3) is 0.519. The number of amides is 4. The molecule has 12 heteroatoms. The molecule has 0 aromatic heterocycles. The molecular formula is C27H27Cl3N2O7. The molecule has 39 heavy (non-hydrogen) atoms. The number of likely N-dealkylation sites (tertiary alicyclic amines) is 2. The quantitative estimate of drug-likeness (QED) is 0.212. The van der Waals surface area contributed by atoms with Crippen LogP contribution in [0.4, 0.5) is 0 Å². The van der Waals surface area contributed by atoms with Gasteiger partial charge in [-0.1, -0.05) is 29.7 Å². The first-order valence-electron chi connectivity index (χ1n) is 12.8. The van der Waals surface area contributed by atoms with Gasteiger partial charge in [-0.25, -0.2) is 0 Å². The molecule has 0 spiro atoms. The van der Waals surface area contributed by atoms with Crippen molar-refractivity contribution in [3.8, 4) is 5.75 Å². The molecule has 2 saturated heterocycles. The molecule has 208 valence electrons. The number of phenolic OH excluding ortho intramolecular Hbond substituents is 1. The Hall–Kier alpha value is -2.62. The van der Waals surface area contributed by atoms with Gasteiger partial charge in [0.05, 0.1) is 11.8 Å². The standard InChI is InChI=1S/C27H27Cl3N2O7/c1-31-24(38)26(29)12-17-14(21(27(26,30)25(31)39)16-11-13(28)6-9-18(16)33)7-8-15-20(17)23(37)32(22(15)36)10-4-2-3-5-19(34)35/h6-7,9,11,15,17,20-21,33H,2-5,8,10,12H2,1H3,(H,34,35). The molecule has 2 aliphatic heterocycles. The summed E-state index contributed by atoms with van der Waals surface area (Å²) >= 11 is 20.4. The van der Waals surface area contributed by atoms with Crippen molar-refractivity contribution in [3.05, 3.63) is 40.4 Å². The molecule has 3 fully saturated rings. The van der Waals surface area contributed by atoms with Crippen molar-refractivity contribution in [2.24, 2.45) is 17.8 Å². The first-order valence-corrected chi connectivity index (χ1v) is 13.9. The molecule has 6 unspecified atom stereocenters. The molecule has 6 atom stereocenters. The molecule has 9 nitrogen and oxygen atoms in total. The fourth-order valence-corrected chi connectivity index (χ4v) is 8.05. The maximum absolute atomic E-state index is 13.7. The van der Waals surface area contributed by atoms with Crippen molar-refractivity contribution < 1.29 is 34.2 Å². The summed E-state index contributed by atoms with van der Waals surface area (Å²) in [5, 5.41) is 20.0. The highest BCUT2D eigenvalue weighted by Crippen LogP contribution is 2.66. The van der Waals surface area contributed by atoms with Crippen LogP contribution in [0.15, 0.2) is 29.8 Å². The highest BCUT2D eigenvalue weighted by molar-refractivity contribution is 6.53. The largest absolute Gasteiger partial charge is 0.508 e. The molecule has 4 amide bonds. The van der Waals surface area contributed by atoms with Gasteiger partial charge >= 0.3 is 5.97 Å². The van der Waals surface area contributed by atoms with E-state index in [0.29, 0.717) is 24.8 Å². The summed E-state index contributed by atoms with van der Waals surface area (Å²) in [5.41, 5.74) is 0.779. The number of alkyl halides is 2. The van der Waals surface area contributed by atoms with E-state index in [-0.39, 0.29) is 54.0 Å². The van der Waals surface area contributed by atoms with Gasteiger partial charge in [0.2, 0.25) is 11.8 Å². The second-order valence-corrected chi connectivity index (χ2v) is 12.4. The minimum Gasteiger partial charge on any atom is -0.508 e. The average molecular weight is 598 g/mol. The third kappa shape index (κ3) is 3.99. The van der Waals surface area contributed by atoms with E-state index in [9.17, 15) is 29.1 Å². The number of phenols is 1. The maximum Gasteiger partial charge on any atom is 0.303 e. The molecule has 0 bridgehead atoms.